The van der Waals surface area contributed by atoms with Crippen molar-refractivity contribution in [3.63, 3.8) is 0 Å². The lowest BCUT2D eigenvalue weighted by atomic mass is 10.0. The summed E-state index contributed by atoms with van der Waals surface area (Å²) < 4.78 is 30.1. The van der Waals surface area contributed by atoms with Crippen LogP contribution in [-0.4, -0.2) is 27.2 Å². The Morgan fingerprint density at radius 1 is 1.10 bits per heavy atom. The van der Waals surface area contributed by atoms with Crippen molar-refractivity contribution < 1.29 is 13.6 Å². The Bertz CT molecular complexity index is 1290. The molecule has 2 aromatic heterocycles. The number of benzene rings is 2. The van der Waals surface area contributed by atoms with E-state index < -0.39 is 11.6 Å². The molecule has 0 atom stereocenters. The molecule has 0 fully saturated rings. The molecule has 4 rings (SSSR count). The van der Waals surface area contributed by atoms with Crippen molar-refractivity contribution in [1.82, 2.24) is 14.8 Å². The minimum atomic E-state index is -0.741. The van der Waals surface area contributed by atoms with Gasteiger partial charge in [0.05, 0.1) is 16.9 Å². The number of aromatic nitrogens is 3. The predicted molar refractivity (Wildman–Crippen MR) is 119 cm³/mol. The number of carbonyl (C=O) groups excluding carboxylic acids is 1. The van der Waals surface area contributed by atoms with Crippen molar-refractivity contribution in [3.05, 3.63) is 76.1 Å². The maximum atomic E-state index is 14.2. The summed E-state index contributed by atoms with van der Waals surface area (Å²) in [5, 5.41) is 4.78. The fourth-order valence-corrected chi connectivity index (χ4v) is 4.67. The Hall–Kier alpha value is -3.13. The van der Waals surface area contributed by atoms with Gasteiger partial charge in [-0.15, -0.1) is 0 Å². The number of amides is 1. The van der Waals surface area contributed by atoms with E-state index in [0.29, 0.717) is 21.9 Å². The summed E-state index contributed by atoms with van der Waals surface area (Å²) in [5.74, 6) is -1.65. The minimum absolute atomic E-state index is 0.0611. The standard InChI is InChI=1S/C23H22F2N4OS/c1-13-5-6-18(14(2)9-13)22(30)28(7-8-29-16(4)10-15(3)27-29)23-26-21-19(25)11-17(24)12-20(21)31-23/h5-6,9-12H,7-8H2,1-4H3. The molecule has 160 valence electrons. The number of rotatable bonds is 5. The topological polar surface area (TPSA) is 51.0 Å². The molecule has 1 amide bonds. The molecule has 0 aliphatic rings. The van der Waals surface area contributed by atoms with Crippen molar-refractivity contribution in [3.8, 4) is 0 Å². The number of aryl methyl sites for hydroxylation is 4. The molecule has 4 aromatic rings. The highest BCUT2D eigenvalue weighted by Gasteiger charge is 2.24. The quantitative estimate of drug-likeness (QED) is 0.420. The first-order valence-electron chi connectivity index (χ1n) is 9.88. The van der Waals surface area contributed by atoms with Gasteiger partial charge in [-0.1, -0.05) is 29.0 Å². The second-order valence-corrected chi connectivity index (χ2v) is 8.67. The molecular formula is C23H22F2N4OS. The zero-order valence-electron chi connectivity index (χ0n) is 17.7. The predicted octanol–water partition coefficient (Wildman–Crippen LogP) is 5.35. The lowest BCUT2D eigenvalue weighted by Gasteiger charge is -2.21. The van der Waals surface area contributed by atoms with Crippen LogP contribution in [0, 0.1) is 39.3 Å². The lowest BCUT2D eigenvalue weighted by Crippen LogP contribution is -2.34. The van der Waals surface area contributed by atoms with Crippen molar-refractivity contribution in [1.29, 1.82) is 0 Å². The zero-order valence-corrected chi connectivity index (χ0v) is 18.6. The summed E-state index contributed by atoms with van der Waals surface area (Å²) in [5.41, 5.74) is 4.38. The fourth-order valence-electron chi connectivity index (χ4n) is 3.64. The van der Waals surface area contributed by atoms with Gasteiger partial charge in [0.25, 0.3) is 5.91 Å². The first-order chi connectivity index (χ1) is 14.7. The third-order valence-electron chi connectivity index (χ3n) is 5.13. The van der Waals surface area contributed by atoms with E-state index in [1.54, 1.807) is 6.07 Å². The maximum absolute atomic E-state index is 14.2. The maximum Gasteiger partial charge on any atom is 0.260 e. The van der Waals surface area contributed by atoms with E-state index in [1.165, 1.54) is 11.0 Å². The van der Waals surface area contributed by atoms with Crippen molar-refractivity contribution in [2.24, 2.45) is 0 Å². The van der Waals surface area contributed by atoms with Crippen molar-refractivity contribution in [2.75, 3.05) is 11.4 Å². The van der Waals surface area contributed by atoms with Crippen LogP contribution in [0.3, 0.4) is 0 Å². The highest BCUT2D eigenvalue weighted by Crippen LogP contribution is 2.32. The smallest absolute Gasteiger partial charge is 0.260 e. The number of anilines is 1. The van der Waals surface area contributed by atoms with Crippen molar-refractivity contribution >= 4 is 32.6 Å². The number of fused-ring (bicyclic) bond motifs is 1. The van der Waals surface area contributed by atoms with E-state index in [-0.39, 0.29) is 18.0 Å². The van der Waals surface area contributed by atoms with Crippen LogP contribution in [-0.2, 0) is 6.54 Å². The normalized spacial score (nSPS) is 11.3. The molecular weight excluding hydrogens is 418 g/mol. The summed E-state index contributed by atoms with van der Waals surface area (Å²) in [6, 6.07) is 9.62. The molecule has 5 nitrogen and oxygen atoms in total. The SMILES string of the molecule is Cc1ccc(C(=O)N(CCn2nc(C)cc2C)c2nc3c(F)cc(F)cc3s2)c(C)c1. The number of hydrogen-bond acceptors (Lipinski definition) is 4. The van der Waals surface area contributed by atoms with Crippen LogP contribution in [0.2, 0.25) is 0 Å². The Kier molecular flexibility index (Phi) is 5.58. The van der Waals surface area contributed by atoms with E-state index >= 15 is 0 Å². The molecule has 0 spiro atoms. The Labute approximate surface area is 183 Å². The number of hydrogen-bond donors (Lipinski definition) is 0. The molecule has 0 saturated carbocycles. The molecule has 0 N–H and O–H groups in total. The average molecular weight is 441 g/mol. The summed E-state index contributed by atoms with van der Waals surface area (Å²) in [6.07, 6.45) is 0. The van der Waals surface area contributed by atoms with Crippen LogP contribution in [0.25, 0.3) is 10.2 Å². The molecule has 0 bridgehead atoms. The largest absolute Gasteiger partial charge is 0.282 e. The van der Waals surface area contributed by atoms with E-state index in [0.717, 1.165) is 39.9 Å². The first-order valence-corrected chi connectivity index (χ1v) is 10.7. The Balaban J connectivity index is 1.75. The second-order valence-electron chi connectivity index (χ2n) is 7.66. The van der Waals surface area contributed by atoms with Crippen LogP contribution in [0.15, 0.2) is 36.4 Å². The molecule has 0 saturated heterocycles. The first kappa shape index (κ1) is 21.1. The van der Waals surface area contributed by atoms with Gasteiger partial charge in [-0.05, 0) is 51.5 Å². The van der Waals surface area contributed by atoms with Crippen LogP contribution in [0.5, 0.6) is 0 Å². The van der Waals surface area contributed by atoms with Gasteiger partial charge in [0, 0.05) is 23.9 Å². The third kappa shape index (κ3) is 4.20. The van der Waals surface area contributed by atoms with Gasteiger partial charge in [-0.2, -0.15) is 5.10 Å². The molecule has 2 aromatic carbocycles. The van der Waals surface area contributed by atoms with Gasteiger partial charge in [0.2, 0.25) is 0 Å². The van der Waals surface area contributed by atoms with Gasteiger partial charge in [0.15, 0.2) is 10.9 Å². The monoisotopic (exact) mass is 440 g/mol. The van der Waals surface area contributed by atoms with E-state index in [9.17, 15) is 13.6 Å². The Morgan fingerprint density at radius 2 is 1.87 bits per heavy atom. The molecule has 2 heterocycles. The summed E-state index contributed by atoms with van der Waals surface area (Å²) in [7, 11) is 0. The molecule has 31 heavy (non-hydrogen) atoms. The van der Waals surface area contributed by atoms with Crippen LogP contribution >= 0.6 is 11.3 Å². The molecule has 0 aliphatic heterocycles. The van der Waals surface area contributed by atoms with E-state index in [2.05, 4.69) is 10.1 Å². The highest BCUT2D eigenvalue weighted by molar-refractivity contribution is 7.22. The lowest BCUT2D eigenvalue weighted by molar-refractivity contribution is 0.0985. The summed E-state index contributed by atoms with van der Waals surface area (Å²) >= 11 is 1.09. The van der Waals surface area contributed by atoms with Gasteiger partial charge in [-0.3, -0.25) is 14.4 Å². The molecule has 0 aliphatic carbocycles. The zero-order chi connectivity index (χ0) is 22.3. The van der Waals surface area contributed by atoms with Crippen LogP contribution in [0.4, 0.5) is 13.9 Å². The summed E-state index contributed by atoms with van der Waals surface area (Å²) in [4.78, 5) is 19.4. The average Bonchev–Trinajstić information content (AvgIpc) is 3.24. The van der Waals surface area contributed by atoms with E-state index in [1.807, 2.05) is 50.6 Å². The second kappa shape index (κ2) is 8.19. The molecule has 0 radical (unpaired) electrons. The van der Waals surface area contributed by atoms with Gasteiger partial charge < -0.3 is 0 Å². The third-order valence-corrected chi connectivity index (χ3v) is 6.15. The fraction of sp³-hybridized carbons (Fsp3) is 0.261. The number of carbonyl (C=O) groups is 1. The van der Waals surface area contributed by atoms with Crippen molar-refractivity contribution in [2.45, 2.75) is 34.2 Å². The summed E-state index contributed by atoms with van der Waals surface area (Å²) in [6.45, 7) is 8.44. The van der Waals surface area contributed by atoms with Gasteiger partial charge in [-0.25, -0.2) is 13.8 Å². The number of nitrogens with zero attached hydrogens (tertiary/aromatic N) is 4. The van der Waals surface area contributed by atoms with Gasteiger partial charge in [0.1, 0.15) is 11.3 Å². The van der Waals surface area contributed by atoms with Crippen LogP contribution < -0.4 is 4.90 Å². The number of thiazole rings is 1. The molecule has 0 unspecified atom stereocenters. The molecule has 8 heteroatoms. The highest BCUT2D eigenvalue weighted by atomic mass is 32.1. The van der Waals surface area contributed by atoms with E-state index in [4.69, 9.17) is 0 Å². The van der Waals surface area contributed by atoms with Gasteiger partial charge >= 0.3 is 0 Å². The number of halogens is 2. The Morgan fingerprint density at radius 3 is 2.55 bits per heavy atom. The minimum Gasteiger partial charge on any atom is -0.282 e. The van der Waals surface area contributed by atoms with Crippen LogP contribution in [0.1, 0.15) is 32.9 Å².